The molecular formula is C16H15FN2O2S. The minimum Gasteiger partial charge on any atom is -0.389 e. The summed E-state index contributed by atoms with van der Waals surface area (Å²) in [4.78, 5) is 18.2. The predicted octanol–water partition coefficient (Wildman–Crippen LogP) is 2.33. The van der Waals surface area contributed by atoms with Crippen molar-refractivity contribution >= 4 is 17.7 Å². The van der Waals surface area contributed by atoms with Crippen LogP contribution in [0.4, 0.5) is 4.39 Å². The molecule has 1 aliphatic heterocycles. The summed E-state index contributed by atoms with van der Waals surface area (Å²) in [7, 11) is 0. The van der Waals surface area contributed by atoms with Crippen LogP contribution in [0.25, 0.3) is 0 Å². The molecule has 1 aromatic carbocycles. The molecular weight excluding hydrogens is 303 g/mol. The lowest BCUT2D eigenvalue weighted by molar-refractivity contribution is 0.00560. The molecule has 0 radical (unpaired) electrons. The Morgan fingerprint density at radius 1 is 1.32 bits per heavy atom. The van der Waals surface area contributed by atoms with Gasteiger partial charge in [0.2, 0.25) is 0 Å². The first-order valence-corrected chi connectivity index (χ1v) is 7.91. The number of pyridine rings is 1. The van der Waals surface area contributed by atoms with Gasteiger partial charge in [0.1, 0.15) is 10.8 Å². The highest BCUT2D eigenvalue weighted by atomic mass is 32.2. The molecule has 0 atom stereocenters. The standard InChI is InChI=1S/C16H15FN2O2S/c17-12-5-3-11(4-6-12)10-22-15-14(2-1-7-18-15)16(21)19-8-13(20)9-19/h1-7,13,20H,8-10H2. The average Bonchev–Trinajstić information content (AvgIpc) is 2.51. The number of aliphatic hydroxyl groups excluding tert-OH is 1. The maximum atomic E-state index is 12.9. The zero-order valence-electron chi connectivity index (χ0n) is 11.8. The zero-order chi connectivity index (χ0) is 15.5. The van der Waals surface area contributed by atoms with Gasteiger partial charge in [-0.1, -0.05) is 12.1 Å². The summed E-state index contributed by atoms with van der Waals surface area (Å²) in [5.41, 5.74) is 1.51. The van der Waals surface area contributed by atoms with Gasteiger partial charge in [-0.3, -0.25) is 4.79 Å². The fraction of sp³-hybridized carbons (Fsp3) is 0.250. The number of aliphatic hydroxyl groups is 1. The van der Waals surface area contributed by atoms with E-state index in [1.165, 1.54) is 23.9 Å². The summed E-state index contributed by atoms with van der Waals surface area (Å²) in [6, 6.07) is 9.75. The van der Waals surface area contributed by atoms with Gasteiger partial charge in [-0.2, -0.15) is 0 Å². The third-order valence-corrected chi connectivity index (χ3v) is 4.52. The first kappa shape index (κ1) is 15.0. The van der Waals surface area contributed by atoms with Gasteiger partial charge in [-0.05, 0) is 29.8 Å². The van der Waals surface area contributed by atoms with Crippen LogP contribution in [0.3, 0.4) is 0 Å². The summed E-state index contributed by atoms with van der Waals surface area (Å²) >= 11 is 1.44. The van der Waals surface area contributed by atoms with E-state index in [-0.39, 0.29) is 11.7 Å². The van der Waals surface area contributed by atoms with Crippen LogP contribution in [0.2, 0.25) is 0 Å². The SMILES string of the molecule is O=C(c1cccnc1SCc1ccc(F)cc1)N1CC(O)C1. The maximum Gasteiger partial charge on any atom is 0.256 e. The van der Waals surface area contributed by atoms with E-state index in [1.54, 1.807) is 35.4 Å². The Bertz CT molecular complexity index is 672. The average molecular weight is 318 g/mol. The second-order valence-corrected chi connectivity index (χ2v) is 6.10. The van der Waals surface area contributed by atoms with Gasteiger partial charge in [-0.25, -0.2) is 9.37 Å². The topological polar surface area (TPSA) is 53.4 Å². The van der Waals surface area contributed by atoms with E-state index in [0.29, 0.717) is 29.4 Å². The number of thioether (sulfide) groups is 1. The largest absolute Gasteiger partial charge is 0.389 e. The van der Waals surface area contributed by atoms with Crippen molar-refractivity contribution in [2.75, 3.05) is 13.1 Å². The molecule has 2 aromatic rings. The number of carbonyl (C=O) groups is 1. The molecule has 0 aliphatic carbocycles. The van der Waals surface area contributed by atoms with E-state index in [2.05, 4.69) is 4.98 Å². The molecule has 6 heteroatoms. The molecule has 1 aliphatic rings. The van der Waals surface area contributed by atoms with Crippen LogP contribution in [0.1, 0.15) is 15.9 Å². The van der Waals surface area contributed by atoms with Crippen molar-refractivity contribution in [2.24, 2.45) is 0 Å². The Morgan fingerprint density at radius 2 is 2.05 bits per heavy atom. The second-order valence-electron chi connectivity index (χ2n) is 5.14. The lowest BCUT2D eigenvalue weighted by Gasteiger charge is -2.36. The van der Waals surface area contributed by atoms with Gasteiger partial charge in [0, 0.05) is 25.0 Å². The first-order chi connectivity index (χ1) is 10.6. The monoisotopic (exact) mass is 318 g/mol. The maximum absolute atomic E-state index is 12.9. The van der Waals surface area contributed by atoms with E-state index < -0.39 is 6.10 Å². The molecule has 0 bridgehead atoms. The van der Waals surface area contributed by atoms with Crippen molar-refractivity contribution < 1.29 is 14.3 Å². The van der Waals surface area contributed by atoms with Gasteiger partial charge in [0.05, 0.1) is 11.7 Å². The van der Waals surface area contributed by atoms with Crippen molar-refractivity contribution in [1.82, 2.24) is 9.88 Å². The minimum atomic E-state index is -0.420. The molecule has 4 nitrogen and oxygen atoms in total. The third kappa shape index (κ3) is 3.28. The van der Waals surface area contributed by atoms with Gasteiger partial charge in [0.15, 0.2) is 0 Å². The van der Waals surface area contributed by atoms with Crippen molar-refractivity contribution in [3.8, 4) is 0 Å². The number of benzene rings is 1. The van der Waals surface area contributed by atoms with E-state index in [9.17, 15) is 14.3 Å². The van der Waals surface area contributed by atoms with Gasteiger partial charge < -0.3 is 10.0 Å². The number of nitrogens with zero attached hydrogens (tertiary/aromatic N) is 2. The van der Waals surface area contributed by atoms with Crippen LogP contribution in [0.5, 0.6) is 0 Å². The van der Waals surface area contributed by atoms with Crippen LogP contribution in [0, 0.1) is 5.82 Å². The fourth-order valence-corrected chi connectivity index (χ4v) is 3.13. The van der Waals surface area contributed by atoms with E-state index in [1.807, 2.05) is 0 Å². The van der Waals surface area contributed by atoms with Crippen LogP contribution in [-0.4, -0.2) is 40.1 Å². The smallest absolute Gasteiger partial charge is 0.256 e. The Morgan fingerprint density at radius 3 is 2.73 bits per heavy atom. The summed E-state index contributed by atoms with van der Waals surface area (Å²) in [6.45, 7) is 0.742. The number of β-amino-alcohol motifs (C(OH)–C–C–N with tert-alkyl or cyclic N) is 1. The Labute approximate surface area is 132 Å². The van der Waals surface area contributed by atoms with Crippen molar-refractivity contribution in [3.05, 3.63) is 59.5 Å². The van der Waals surface area contributed by atoms with Gasteiger partial charge >= 0.3 is 0 Å². The Kier molecular flexibility index (Phi) is 4.40. The highest BCUT2D eigenvalue weighted by molar-refractivity contribution is 7.98. The summed E-state index contributed by atoms with van der Waals surface area (Å²) in [6.07, 6.45) is 1.23. The highest BCUT2D eigenvalue weighted by Crippen LogP contribution is 2.26. The molecule has 1 fully saturated rings. The van der Waals surface area contributed by atoms with Crippen molar-refractivity contribution in [1.29, 1.82) is 0 Å². The number of aromatic nitrogens is 1. The first-order valence-electron chi connectivity index (χ1n) is 6.93. The minimum absolute atomic E-state index is 0.111. The van der Waals surface area contributed by atoms with E-state index in [4.69, 9.17) is 0 Å². The Balaban J connectivity index is 1.71. The van der Waals surface area contributed by atoms with Crippen molar-refractivity contribution in [3.63, 3.8) is 0 Å². The van der Waals surface area contributed by atoms with Crippen LogP contribution < -0.4 is 0 Å². The highest BCUT2D eigenvalue weighted by Gasteiger charge is 2.30. The van der Waals surface area contributed by atoms with Crippen LogP contribution in [-0.2, 0) is 5.75 Å². The summed E-state index contributed by atoms with van der Waals surface area (Å²) < 4.78 is 12.9. The fourth-order valence-electron chi connectivity index (χ4n) is 2.19. The molecule has 0 spiro atoms. The van der Waals surface area contributed by atoms with Gasteiger partial charge in [-0.15, -0.1) is 11.8 Å². The molecule has 114 valence electrons. The molecule has 3 rings (SSSR count). The normalized spacial score (nSPS) is 14.7. The molecule has 1 N–H and O–H groups in total. The molecule has 2 heterocycles. The van der Waals surface area contributed by atoms with E-state index in [0.717, 1.165) is 5.56 Å². The summed E-state index contributed by atoms with van der Waals surface area (Å²) in [5.74, 6) is 0.235. The number of rotatable bonds is 4. The number of carbonyl (C=O) groups excluding carboxylic acids is 1. The molecule has 1 amide bonds. The third-order valence-electron chi connectivity index (χ3n) is 3.44. The van der Waals surface area contributed by atoms with Crippen LogP contribution >= 0.6 is 11.8 Å². The number of hydrogen-bond acceptors (Lipinski definition) is 4. The van der Waals surface area contributed by atoms with Crippen LogP contribution in [0.15, 0.2) is 47.6 Å². The quantitative estimate of drug-likeness (QED) is 0.879. The molecule has 1 aromatic heterocycles. The molecule has 0 unspecified atom stereocenters. The molecule has 0 saturated carbocycles. The van der Waals surface area contributed by atoms with E-state index >= 15 is 0 Å². The molecule has 1 saturated heterocycles. The number of hydrogen-bond donors (Lipinski definition) is 1. The summed E-state index contributed by atoms with van der Waals surface area (Å²) in [5, 5.41) is 9.96. The van der Waals surface area contributed by atoms with Gasteiger partial charge in [0.25, 0.3) is 5.91 Å². The lowest BCUT2D eigenvalue weighted by atomic mass is 10.1. The lowest BCUT2D eigenvalue weighted by Crippen LogP contribution is -2.53. The number of likely N-dealkylation sites (tertiary alicyclic amines) is 1. The second kappa shape index (κ2) is 6.46. The molecule has 22 heavy (non-hydrogen) atoms. The zero-order valence-corrected chi connectivity index (χ0v) is 12.6. The number of amides is 1. The van der Waals surface area contributed by atoms with Crippen molar-refractivity contribution in [2.45, 2.75) is 16.9 Å². The Hall–Kier alpha value is -1.92. The number of halogens is 1. The predicted molar refractivity (Wildman–Crippen MR) is 82.1 cm³/mol.